The zero-order valence-corrected chi connectivity index (χ0v) is 20.0. The second-order valence-corrected chi connectivity index (χ2v) is 9.69. The Labute approximate surface area is 203 Å². The van der Waals surface area contributed by atoms with E-state index in [9.17, 15) is 10.2 Å². The fourth-order valence-corrected chi connectivity index (χ4v) is 5.17. The summed E-state index contributed by atoms with van der Waals surface area (Å²) < 4.78 is 7.72. The molecule has 5 rings (SSSR count). The smallest absolute Gasteiger partial charge is 0.213 e. The molecule has 8 heteroatoms. The van der Waals surface area contributed by atoms with Crippen LogP contribution in [-0.2, 0) is 0 Å². The molecule has 2 aromatic heterocycles. The first-order chi connectivity index (χ1) is 16.7. The molecule has 0 saturated carbocycles. The fraction of sp³-hybridized carbons (Fsp3) is 0.385. The van der Waals surface area contributed by atoms with E-state index in [1.807, 2.05) is 42.6 Å². The Morgan fingerprint density at radius 2 is 1.65 bits per heavy atom. The number of aromatic nitrogens is 3. The van der Waals surface area contributed by atoms with Crippen molar-refractivity contribution in [2.24, 2.45) is 0 Å². The van der Waals surface area contributed by atoms with E-state index in [4.69, 9.17) is 4.74 Å². The number of likely N-dealkylation sites (tertiary alicyclic amines) is 1. The van der Waals surface area contributed by atoms with Crippen LogP contribution in [0.15, 0.2) is 54.7 Å². The Balaban J connectivity index is 1.15. The molecule has 0 spiro atoms. The van der Waals surface area contributed by atoms with Crippen molar-refractivity contribution in [3.05, 3.63) is 60.3 Å². The molecule has 0 amide bonds. The van der Waals surface area contributed by atoms with Crippen molar-refractivity contribution in [2.45, 2.75) is 38.4 Å². The molecule has 0 aliphatic carbocycles. The summed E-state index contributed by atoms with van der Waals surface area (Å²) in [6.07, 6.45) is 6.77. The number of nitrogens with zero attached hydrogens (tertiary/aromatic N) is 4. The Morgan fingerprint density at radius 3 is 2.35 bits per heavy atom. The van der Waals surface area contributed by atoms with Crippen molar-refractivity contribution in [1.82, 2.24) is 19.5 Å². The van der Waals surface area contributed by atoms with Gasteiger partial charge in [-0.1, -0.05) is 42.0 Å². The molecule has 0 radical (unpaired) electrons. The molecular weight excluding hydrogens is 448 g/mol. The number of ether oxygens (including phenoxy) is 1. The molecule has 0 unspecified atom stereocenters. The zero-order chi connectivity index (χ0) is 23.3. The quantitative estimate of drug-likeness (QED) is 0.267. The summed E-state index contributed by atoms with van der Waals surface area (Å²) in [5.74, 6) is 0.891. The molecule has 4 aromatic rings. The van der Waals surface area contributed by atoms with E-state index < -0.39 is 6.29 Å². The third kappa shape index (κ3) is 5.47. The Morgan fingerprint density at radius 1 is 0.912 bits per heavy atom. The average Bonchev–Trinajstić information content (AvgIpc) is 3.45. The van der Waals surface area contributed by atoms with Crippen LogP contribution in [-0.4, -0.2) is 56.0 Å². The first-order valence-electron chi connectivity index (χ1n) is 11.9. The minimum Gasteiger partial charge on any atom is -0.494 e. The third-order valence-electron chi connectivity index (χ3n) is 6.24. The highest BCUT2D eigenvalue weighted by molar-refractivity contribution is 7.19. The number of hydrogen-bond donors (Lipinski definition) is 2. The van der Waals surface area contributed by atoms with E-state index in [1.165, 1.54) is 56.7 Å². The maximum atomic E-state index is 9.25. The maximum absolute atomic E-state index is 9.25. The van der Waals surface area contributed by atoms with Crippen molar-refractivity contribution < 1.29 is 14.9 Å². The van der Waals surface area contributed by atoms with Gasteiger partial charge in [-0.15, -0.1) is 0 Å². The van der Waals surface area contributed by atoms with Crippen LogP contribution < -0.4 is 4.74 Å². The summed E-state index contributed by atoms with van der Waals surface area (Å²) in [4.78, 5) is 8.06. The fourth-order valence-electron chi connectivity index (χ4n) is 4.29. The first kappa shape index (κ1) is 23.0. The van der Waals surface area contributed by atoms with Crippen LogP contribution in [0.5, 0.6) is 5.75 Å². The van der Waals surface area contributed by atoms with Gasteiger partial charge in [0.1, 0.15) is 10.8 Å². The van der Waals surface area contributed by atoms with E-state index >= 15 is 0 Å². The standard InChI is InChI=1S/C26H30N4O3S/c31-25(32)21-8-6-19(7-9-21)23-18-30-26(27-23)34-24(28-30)20-10-12-22(13-11-20)33-17-5-4-16-29-14-2-1-3-15-29/h6-13,18,25,31-32H,1-5,14-17H2. The van der Waals surface area contributed by atoms with E-state index in [-0.39, 0.29) is 0 Å². The molecule has 0 bridgehead atoms. The summed E-state index contributed by atoms with van der Waals surface area (Å²) in [5.41, 5.74) is 3.19. The van der Waals surface area contributed by atoms with Crippen LogP contribution >= 0.6 is 11.3 Å². The molecular formula is C26H30N4O3S. The molecule has 2 N–H and O–H groups in total. The largest absolute Gasteiger partial charge is 0.494 e. The third-order valence-corrected chi connectivity index (χ3v) is 7.21. The van der Waals surface area contributed by atoms with Gasteiger partial charge in [0.05, 0.1) is 18.5 Å². The van der Waals surface area contributed by atoms with Gasteiger partial charge >= 0.3 is 0 Å². The zero-order valence-electron chi connectivity index (χ0n) is 19.1. The molecule has 34 heavy (non-hydrogen) atoms. The number of aliphatic hydroxyl groups excluding tert-OH is 1. The number of imidazole rings is 1. The number of rotatable bonds is 9. The van der Waals surface area contributed by atoms with Crippen molar-refractivity contribution in [3.8, 4) is 27.6 Å². The number of aliphatic hydroxyl groups is 2. The number of fused-ring (bicyclic) bond motifs is 1. The van der Waals surface area contributed by atoms with Crippen molar-refractivity contribution >= 4 is 16.3 Å². The molecule has 3 heterocycles. The Bertz CT molecular complexity index is 1160. The van der Waals surface area contributed by atoms with Crippen molar-refractivity contribution in [3.63, 3.8) is 0 Å². The maximum Gasteiger partial charge on any atom is 0.213 e. The molecule has 0 atom stereocenters. The number of benzene rings is 2. The number of hydrogen-bond acceptors (Lipinski definition) is 7. The van der Waals surface area contributed by atoms with Gasteiger partial charge in [-0.3, -0.25) is 0 Å². The van der Waals surface area contributed by atoms with Gasteiger partial charge < -0.3 is 19.8 Å². The van der Waals surface area contributed by atoms with Gasteiger partial charge in [-0.2, -0.15) is 5.10 Å². The Kier molecular flexibility index (Phi) is 7.20. The molecule has 1 aliphatic rings. The average molecular weight is 479 g/mol. The minimum absolute atomic E-state index is 0.454. The summed E-state index contributed by atoms with van der Waals surface area (Å²) >= 11 is 1.53. The summed E-state index contributed by atoms with van der Waals surface area (Å²) in [6.45, 7) is 4.45. The molecule has 1 aliphatic heterocycles. The summed E-state index contributed by atoms with van der Waals surface area (Å²) in [7, 11) is 0. The lowest BCUT2D eigenvalue weighted by Crippen LogP contribution is -2.30. The van der Waals surface area contributed by atoms with Crippen molar-refractivity contribution in [1.29, 1.82) is 0 Å². The topological polar surface area (TPSA) is 83.1 Å². The number of unbranched alkanes of at least 4 members (excludes halogenated alkanes) is 1. The van der Waals surface area contributed by atoms with E-state index in [2.05, 4.69) is 15.0 Å². The summed E-state index contributed by atoms with van der Waals surface area (Å²) in [5, 5.41) is 24.1. The van der Waals surface area contributed by atoms with Crippen LogP contribution in [0.1, 0.15) is 44.0 Å². The highest BCUT2D eigenvalue weighted by Gasteiger charge is 2.12. The van der Waals surface area contributed by atoms with Gasteiger partial charge in [0.25, 0.3) is 0 Å². The van der Waals surface area contributed by atoms with Gasteiger partial charge in [-0.05, 0) is 69.6 Å². The monoisotopic (exact) mass is 478 g/mol. The van der Waals surface area contributed by atoms with Gasteiger partial charge in [0, 0.05) is 16.7 Å². The van der Waals surface area contributed by atoms with Crippen molar-refractivity contribution in [2.75, 3.05) is 26.2 Å². The lowest BCUT2D eigenvalue weighted by molar-refractivity contribution is -0.0424. The van der Waals surface area contributed by atoms with Gasteiger partial charge in [-0.25, -0.2) is 9.50 Å². The SMILES string of the molecule is OC(O)c1ccc(-c2cn3nc(-c4ccc(OCCCCN5CCCCC5)cc4)sc3n2)cc1. The van der Waals surface area contributed by atoms with Gasteiger partial charge in [0.15, 0.2) is 6.29 Å². The molecule has 178 valence electrons. The van der Waals surface area contributed by atoms with Gasteiger partial charge in [0.2, 0.25) is 4.96 Å². The lowest BCUT2D eigenvalue weighted by atomic mass is 10.1. The number of piperidine rings is 1. The highest BCUT2D eigenvalue weighted by Crippen LogP contribution is 2.29. The normalized spacial score (nSPS) is 14.8. The van der Waals surface area contributed by atoms with E-state index in [0.29, 0.717) is 5.56 Å². The molecule has 1 saturated heterocycles. The van der Waals surface area contributed by atoms with Crippen LogP contribution in [0.4, 0.5) is 0 Å². The first-order valence-corrected chi connectivity index (χ1v) is 12.8. The van der Waals surface area contributed by atoms with Crippen LogP contribution in [0, 0.1) is 0 Å². The predicted octanol–water partition coefficient (Wildman–Crippen LogP) is 4.75. The van der Waals surface area contributed by atoms with Crippen LogP contribution in [0.3, 0.4) is 0 Å². The predicted molar refractivity (Wildman–Crippen MR) is 134 cm³/mol. The minimum atomic E-state index is -1.47. The van der Waals surface area contributed by atoms with Crippen LogP contribution in [0.25, 0.3) is 26.8 Å². The Hall–Kier alpha value is -2.78. The second kappa shape index (κ2) is 10.7. The van der Waals surface area contributed by atoms with E-state index in [1.54, 1.807) is 16.6 Å². The summed E-state index contributed by atoms with van der Waals surface area (Å²) in [6, 6.07) is 15.1. The lowest BCUT2D eigenvalue weighted by Gasteiger charge is -2.26. The molecule has 1 fully saturated rings. The van der Waals surface area contributed by atoms with E-state index in [0.717, 1.165) is 45.6 Å². The van der Waals surface area contributed by atoms with Crippen LogP contribution in [0.2, 0.25) is 0 Å². The molecule has 2 aromatic carbocycles. The molecule has 7 nitrogen and oxygen atoms in total. The highest BCUT2D eigenvalue weighted by atomic mass is 32.1. The second-order valence-electron chi connectivity index (χ2n) is 8.74.